The number of nitrogens with zero attached hydrogens (tertiary/aromatic N) is 1. The van der Waals surface area contributed by atoms with Crippen LogP contribution >= 0.6 is 23.2 Å². The van der Waals surface area contributed by atoms with E-state index in [1.54, 1.807) is 6.07 Å². The molecule has 0 fully saturated rings. The summed E-state index contributed by atoms with van der Waals surface area (Å²) in [6.45, 7) is 0.384. The monoisotopic (exact) mass is 422 g/mol. The fourth-order valence-corrected chi connectivity index (χ4v) is 3.83. The molecule has 1 aliphatic rings. The second kappa shape index (κ2) is 8.57. The number of aromatic nitrogens is 1. The standard InChI is InChI=1S/C23H16Cl2N2O2/c24-15-12-21(25)22(27-13-15)10-5-11-26-23(28)29-14-20-18-8-3-1-6-16(18)17-7-2-4-9-19(17)20/h1-4,6-9,12-13,20H,11,14H2,(H,26,28). The smallest absolute Gasteiger partial charge is 0.407 e. The lowest BCUT2D eigenvalue weighted by molar-refractivity contribution is 0.144. The van der Waals surface area contributed by atoms with Gasteiger partial charge in [-0.1, -0.05) is 77.7 Å². The van der Waals surface area contributed by atoms with E-state index in [0.717, 1.165) is 0 Å². The quantitative estimate of drug-likeness (QED) is 0.584. The Morgan fingerprint density at radius 3 is 2.38 bits per heavy atom. The van der Waals surface area contributed by atoms with Crippen LogP contribution in [0.2, 0.25) is 10.0 Å². The number of carbonyl (C=O) groups is 1. The summed E-state index contributed by atoms with van der Waals surface area (Å²) in [4.78, 5) is 16.1. The van der Waals surface area contributed by atoms with E-state index < -0.39 is 6.09 Å². The maximum absolute atomic E-state index is 12.1. The van der Waals surface area contributed by atoms with E-state index in [1.807, 2.05) is 24.3 Å². The number of fused-ring (bicyclic) bond motifs is 3. The number of carbonyl (C=O) groups excluding carboxylic acids is 1. The van der Waals surface area contributed by atoms with Gasteiger partial charge in [-0.05, 0) is 34.2 Å². The molecule has 0 saturated carbocycles. The van der Waals surface area contributed by atoms with Crippen molar-refractivity contribution in [2.75, 3.05) is 13.2 Å². The molecule has 0 spiro atoms. The Morgan fingerprint density at radius 2 is 1.72 bits per heavy atom. The van der Waals surface area contributed by atoms with Crippen LogP contribution in [-0.4, -0.2) is 24.2 Å². The van der Waals surface area contributed by atoms with Crippen molar-refractivity contribution >= 4 is 29.3 Å². The van der Waals surface area contributed by atoms with Crippen molar-refractivity contribution in [2.24, 2.45) is 0 Å². The fraction of sp³-hybridized carbons (Fsp3) is 0.130. The molecule has 0 radical (unpaired) electrons. The van der Waals surface area contributed by atoms with Crippen molar-refractivity contribution < 1.29 is 9.53 Å². The molecule has 1 N–H and O–H groups in total. The molecule has 4 nitrogen and oxygen atoms in total. The van der Waals surface area contributed by atoms with Crippen molar-refractivity contribution in [2.45, 2.75) is 5.92 Å². The molecular formula is C23H16Cl2N2O2. The van der Waals surface area contributed by atoms with Crippen LogP contribution in [-0.2, 0) is 4.74 Å². The van der Waals surface area contributed by atoms with Crippen molar-refractivity contribution in [3.05, 3.63) is 87.7 Å². The average Bonchev–Trinajstić information content (AvgIpc) is 3.05. The van der Waals surface area contributed by atoms with Gasteiger partial charge >= 0.3 is 6.09 Å². The minimum atomic E-state index is -0.517. The van der Waals surface area contributed by atoms with Crippen LogP contribution in [0.3, 0.4) is 0 Å². The number of amides is 1. The molecule has 0 atom stereocenters. The van der Waals surface area contributed by atoms with Gasteiger partial charge in [0.2, 0.25) is 0 Å². The van der Waals surface area contributed by atoms with Gasteiger partial charge < -0.3 is 10.1 Å². The number of pyridine rings is 1. The van der Waals surface area contributed by atoms with E-state index in [9.17, 15) is 4.79 Å². The van der Waals surface area contributed by atoms with Crippen LogP contribution in [0.15, 0.2) is 60.8 Å². The number of nitrogens with one attached hydrogen (secondary N) is 1. The first-order chi connectivity index (χ1) is 14.1. The van der Waals surface area contributed by atoms with E-state index in [4.69, 9.17) is 27.9 Å². The molecule has 6 heteroatoms. The van der Waals surface area contributed by atoms with Gasteiger partial charge in [-0.15, -0.1) is 0 Å². The summed E-state index contributed by atoms with van der Waals surface area (Å²) in [5.74, 6) is 5.62. The first-order valence-corrected chi connectivity index (χ1v) is 9.78. The highest BCUT2D eigenvalue weighted by Gasteiger charge is 2.28. The third kappa shape index (κ3) is 4.22. The number of rotatable bonds is 3. The third-order valence-electron chi connectivity index (χ3n) is 4.68. The van der Waals surface area contributed by atoms with Crippen LogP contribution in [0.25, 0.3) is 11.1 Å². The normalized spacial score (nSPS) is 11.8. The predicted octanol–water partition coefficient (Wildman–Crippen LogP) is 5.28. The van der Waals surface area contributed by atoms with Gasteiger partial charge in [0.05, 0.1) is 16.6 Å². The van der Waals surface area contributed by atoms with Crippen molar-refractivity contribution in [3.8, 4) is 23.0 Å². The highest BCUT2D eigenvalue weighted by molar-refractivity contribution is 6.35. The van der Waals surface area contributed by atoms with E-state index >= 15 is 0 Å². The zero-order valence-electron chi connectivity index (χ0n) is 15.3. The summed E-state index contributed by atoms with van der Waals surface area (Å²) in [6.07, 6.45) is 0.951. The number of ether oxygens (including phenoxy) is 1. The lowest BCUT2D eigenvalue weighted by Gasteiger charge is -2.14. The summed E-state index contributed by atoms with van der Waals surface area (Å²) in [5, 5.41) is 3.43. The first kappa shape index (κ1) is 19.3. The summed E-state index contributed by atoms with van der Waals surface area (Å²) in [6, 6.07) is 18.0. The van der Waals surface area contributed by atoms with E-state index in [-0.39, 0.29) is 19.1 Å². The summed E-state index contributed by atoms with van der Waals surface area (Å²) in [7, 11) is 0. The number of hydrogen-bond donors (Lipinski definition) is 1. The van der Waals surface area contributed by atoms with Gasteiger partial charge in [0.15, 0.2) is 0 Å². The van der Waals surface area contributed by atoms with Crippen LogP contribution in [0, 0.1) is 11.8 Å². The van der Waals surface area contributed by atoms with Gasteiger partial charge in [0.25, 0.3) is 0 Å². The summed E-state index contributed by atoms with van der Waals surface area (Å²) >= 11 is 11.8. The van der Waals surface area contributed by atoms with Crippen LogP contribution < -0.4 is 5.32 Å². The second-order valence-corrected chi connectivity index (χ2v) is 7.31. The molecule has 1 aliphatic carbocycles. The molecule has 0 saturated heterocycles. The second-order valence-electron chi connectivity index (χ2n) is 6.46. The molecule has 0 aliphatic heterocycles. The predicted molar refractivity (Wildman–Crippen MR) is 114 cm³/mol. The lowest BCUT2D eigenvalue weighted by atomic mass is 9.98. The van der Waals surface area contributed by atoms with E-state index in [2.05, 4.69) is 46.4 Å². The SMILES string of the molecule is O=C(NCC#Cc1ncc(Cl)cc1Cl)OCC1c2ccccc2-c2ccccc21. The van der Waals surface area contributed by atoms with Gasteiger partial charge in [0, 0.05) is 12.1 Å². The lowest BCUT2D eigenvalue weighted by Crippen LogP contribution is -2.26. The van der Waals surface area contributed by atoms with E-state index in [1.165, 1.54) is 28.5 Å². The molecule has 1 heterocycles. The minimum Gasteiger partial charge on any atom is -0.449 e. The third-order valence-corrected chi connectivity index (χ3v) is 5.17. The number of benzene rings is 2. The molecule has 29 heavy (non-hydrogen) atoms. The zero-order chi connectivity index (χ0) is 20.2. The minimum absolute atomic E-state index is 0.0244. The maximum atomic E-state index is 12.1. The Balaban J connectivity index is 1.35. The van der Waals surface area contributed by atoms with Crippen LogP contribution in [0.5, 0.6) is 0 Å². The topological polar surface area (TPSA) is 51.2 Å². The molecule has 144 valence electrons. The highest BCUT2D eigenvalue weighted by Crippen LogP contribution is 2.44. The Labute approximate surface area is 178 Å². The maximum Gasteiger partial charge on any atom is 0.407 e. The number of halogens is 2. The molecule has 1 amide bonds. The fourth-order valence-electron chi connectivity index (χ4n) is 3.40. The van der Waals surface area contributed by atoms with Crippen LogP contribution in [0.4, 0.5) is 4.79 Å². The Hall–Kier alpha value is -3.00. The molecule has 3 aromatic rings. The number of hydrogen-bond acceptors (Lipinski definition) is 3. The average molecular weight is 423 g/mol. The highest BCUT2D eigenvalue weighted by atomic mass is 35.5. The number of alkyl carbamates (subject to hydrolysis) is 1. The molecular weight excluding hydrogens is 407 g/mol. The van der Waals surface area contributed by atoms with Gasteiger partial charge in [0.1, 0.15) is 12.3 Å². The van der Waals surface area contributed by atoms with Crippen LogP contribution in [0.1, 0.15) is 22.7 Å². The van der Waals surface area contributed by atoms with Gasteiger partial charge in [-0.3, -0.25) is 0 Å². The molecule has 0 bridgehead atoms. The van der Waals surface area contributed by atoms with E-state index in [0.29, 0.717) is 15.7 Å². The summed E-state index contributed by atoms with van der Waals surface area (Å²) in [5.41, 5.74) is 5.13. The van der Waals surface area contributed by atoms with Gasteiger partial charge in [-0.2, -0.15) is 0 Å². The largest absolute Gasteiger partial charge is 0.449 e. The van der Waals surface area contributed by atoms with Crippen molar-refractivity contribution in [1.29, 1.82) is 0 Å². The molecule has 2 aromatic carbocycles. The van der Waals surface area contributed by atoms with Gasteiger partial charge in [-0.25, -0.2) is 9.78 Å². The summed E-state index contributed by atoms with van der Waals surface area (Å²) < 4.78 is 5.45. The Kier molecular flexibility index (Phi) is 5.71. The molecule has 0 unspecified atom stereocenters. The molecule has 4 rings (SSSR count). The van der Waals surface area contributed by atoms with Crippen molar-refractivity contribution in [3.63, 3.8) is 0 Å². The Bertz CT molecular complexity index is 1090. The van der Waals surface area contributed by atoms with Crippen molar-refractivity contribution in [1.82, 2.24) is 10.3 Å². The Morgan fingerprint density at radius 1 is 1.07 bits per heavy atom. The molecule has 1 aromatic heterocycles. The zero-order valence-corrected chi connectivity index (χ0v) is 16.8. The first-order valence-electron chi connectivity index (χ1n) is 9.02.